The maximum atomic E-state index is 12.9. The summed E-state index contributed by atoms with van der Waals surface area (Å²) in [7, 11) is 0. The van der Waals surface area contributed by atoms with E-state index in [0.717, 1.165) is 35.2 Å². The Morgan fingerprint density at radius 2 is 1.77 bits per heavy atom. The van der Waals surface area contributed by atoms with Crippen LogP contribution in [0.3, 0.4) is 0 Å². The summed E-state index contributed by atoms with van der Waals surface area (Å²) < 4.78 is 0. The van der Waals surface area contributed by atoms with Crippen LogP contribution in [0, 0.1) is 0 Å². The van der Waals surface area contributed by atoms with Crippen molar-refractivity contribution in [2.45, 2.75) is 61.3 Å². The van der Waals surface area contributed by atoms with Crippen LogP contribution in [0.15, 0.2) is 53.7 Å². The molecular formula is C22H26N2OS. The van der Waals surface area contributed by atoms with Crippen LogP contribution >= 0.6 is 11.8 Å². The summed E-state index contributed by atoms with van der Waals surface area (Å²) in [4.78, 5) is 19.6. The predicted molar refractivity (Wildman–Crippen MR) is 106 cm³/mol. The number of nitrogens with zero attached hydrogens (tertiary/aromatic N) is 2. The molecule has 2 aromatic rings. The molecular weight excluding hydrogens is 340 g/mol. The van der Waals surface area contributed by atoms with Gasteiger partial charge in [-0.3, -0.25) is 4.79 Å². The average Bonchev–Trinajstić information content (AvgIpc) is 3.19. The summed E-state index contributed by atoms with van der Waals surface area (Å²) in [6.07, 6.45) is 10.8. The molecule has 1 saturated heterocycles. The Kier molecular flexibility index (Phi) is 5.59. The zero-order chi connectivity index (χ0) is 17.8. The topological polar surface area (TPSA) is 33.2 Å². The second kappa shape index (κ2) is 8.26. The van der Waals surface area contributed by atoms with Gasteiger partial charge < -0.3 is 4.90 Å². The lowest BCUT2D eigenvalue weighted by molar-refractivity contribution is 0.0735. The van der Waals surface area contributed by atoms with Crippen LogP contribution in [-0.4, -0.2) is 27.6 Å². The van der Waals surface area contributed by atoms with Crippen molar-refractivity contribution in [3.63, 3.8) is 0 Å². The lowest BCUT2D eigenvalue weighted by Crippen LogP contribution is -2.30. The molecule has 1 amide bonds. The maximum Gasteiger partial charge on any atom is 0.254 e. The largest absolute Gasteiger partial charge is 0.332 e. The number of carbonyl (C=O) groups excluding carboxylic acids is 1. The number of hydrogen-bond donors (Lipinski definition) is 0. The zero-order valence-corrected chi connectivity index (χ0v) is 16.0. The molecule has 1 atom stereocenters. The molecule has 0 bridgehead atoms. The van der Waals surface area contributed by atoms with E-state index in [1.165, 1.54) is 37.7 Å². The van der Waals surface area contributed by atoms with Crippen LogP contribution < -0.4 is 0 Å². The minimum Gasteiger partial charge on any atom is -0.332 e. The van der Waals surface area contributed by atoms with E-state index in [-0.39, 0.29) is 11.9 Å². The normalized spacial score (nSPS) is 21.1. The van der Waals surface area contributed by atoms with Crippen molar-refractivity contribution < 1.29 is 4.79 Å². The SMILES string of the molecule is O=C(c1ccccc1)N1CCC[C@H]1c1ccc(SC2CCCCC2)nc1. The van der Waals surface area contributed by atoms with Gasteiger partial charge in [0.15, 0.2) is 0 Å². The first-order chi connectivity index (χ1) is 12.8. The average molecular weight is 367 g/mol. The molecule has 1 aromatic carbocycles. The molecule has 4 heteroatoms. The van der Waals surface area contributed by atoms with E-state index in [2.05, 4.69) is 12.1 Å². The smallest absolute Gasteiger partial charge is 0.254 e. The second-order valence-electron chi connectivity index (χ2n) is 7.33. The van der Waals surface area contributed by atoms with Gasteiger partial charge >= 0.3 is 0 Å². The van der Waals surface area contributed by atoms with E-state index in [1.54, 1.807) is 0 Å². The van der Waals surface area contributed by atoms with Gasteiger partial charge in [-0.05, 0) is 49.4 Å². The third-order valence-electron chi connectivity index (χ3n) is 5.52. The zero-order valence-electron chi connectivity index (χ0n) is 15.1. The van der Waals surface area contributed by atoms with Crippen molar-refractivity contribution in [1.82, 2.24) is 9.88 Å². The number of benzene rings is 1. The highest BCUT2D eigenvalue weighted by atomic mass is 32.2. The summed E-state index contributed by atoms with van der Waals surface area (Å²) in [5.74, 6) is 0.133. The Labute approximate surface area is 160 Å². The van der Waals surface area contributed by atoms with Gasteiger partial charge in [-0.25, -0.2) is 4.98 Å². The van der Waals surface area contributed by atoms with E-state index >= 15 is 0 Å². The molecule has 26 heavy (non-hydrogen) atoms. The van der Waals surface area contributed by atoms with E-state index < -0.39 is 0 Å². The third-order valence-corrected chi connectivity index (χ3v) is 6.81. The van der Waals surface area contributed by atoms with Crippen LogP contribution in [-0.2, 0) is 0 Å². The first kappa shape index (κ1) is 17.6. The van der Waals surface area contributed by atoms with Crippen molar-refractivity contribution >= 4 is 17.7 Å². The highest BCUT2D eigenvalue weighted by Crippen LogP contribution is 2.35. The first-order valence-corrected chi connectivity index (χ1v) is 10.7. The molecule has 4 rings (SSSR count). The van der Waals surface area contributed by atoms with Crippen LogP contribution in [0.4, 0.5) is 0 Å². The van der Waals surface area contributed by atoms with E-state index in [0.29, 0.717) is 0 Å². The van der Waals surface area contributed by atoms with Gasteiger partial charge in [0.1, 0.15) is 0 Å². The lowest BCUT2D eigenvalue weighted by atomic mass is 10.0. The van der Waals surface area contributed by atoms with Crippen LogP contribution in [0.1, 0.15) is 66.9 Å². The molecule has 0 radical (unpaired) electrons. The Hall–Kier alpha value is -1.81. The molecule has 136 valence electrons. The van der Waals surface area contributed by atoms with Crippen LogP contribution in [0.2, 0.25) is 0 Å². The second-order valence-corrected chi connectivity index (χ2v) is 8.65. The molecule has 1 aliphatic carbocycles. The van der Waals surface area contributed by atoms with Crippen molar-refractivity contribution in [3.8, 4) is 0 Å². The quantitative estimate of drug-likeness (QED) is 0.718. The number of thioether (sulfide) groups is 1. The van der Waals surface area contributed by atoms with Gasteiger partial charge in [0.25, 0.3) is 5.91 Å². The lowest BCUT2D eigenvalue weighted by Gasteiger charge is -2.25. The van der Waals surface area contributed by atoms with Gasteiger partial charge in [0.2, 0.25) is 0 Å². The fourth-order valence-electron chi connectivity index (χ4n) is 4.12. The monoisotopic (exact) mass is 366 g/mol. The summed E-state index contributed by atoms with van der Waals surface area (Å²) >= 11 is 1.93. The standard InChI is InChI=1S/C22H26N2OS/c25-22(17-8-3-1-4-9-17)24-15-7-12-20(24)18-13-14-21(23-16-18)26-19-10-5-2-6-11-19/h1,3-4,8-9,13-14,16,19-20H,2,5-7,10-12,15H2/t20-/m0/s1. The first-order valence-electron chi connectivity index (χ1n) is 9.80. The number of amides is 1. The van der Waals surface area contributed by atoms with Crippen molar-refractivity contribution in [3.05, 3.63) is 59.8 Å². The molecule has 1 aromatic heterocycles. The number of aromatic nitrogens is 1. The highest BCUT2D eigenvalue weighted by molar-refractivity contribution is 7.99. The number of hydrogen-bond acceptors (Lipinski definition) is 3. The van der Waals surface area contributed by atoms with Gasteiger partial charge in [0.05, 0.1) is 11.1 Å². The summed E-state index contributed by atoms with van der Waals surface area (Å²) in [5.41, 5.74) is 1.94. The van der Waals surface area contributed by atoms with Crippen LogP contribution in [0.25, 0.3) is 0 Å². The summed E-state index contributed by atoms with van der Waals surface area (Å²) in [6, 6.07) is 14.1. The van der Waals surface area contributed by atoms with Gasteiger partial charge in [-0.1, -0.05) is 43.5 Å². The molecule has 2 heterocycles. The van der Waals surface area contributed by atoms with E-state index in [1.807, 2.05) is 53.2 Å². The number of pyridine rings is 1. The van der Waals surface area contributed by atoms with Crippen LogP contribution in [0.5, 0.6) is 0 Å². The minimum absolute atomic E-state index is 0.133. The fraction of sp³-hybridized carbons (Fsp3) is 0.455. The molecule has 0 N–H and O–H groups in total. The Morgan fingerprint density at radius 1 is 0.962 bits per heavy atom. The third kappa shape index (κ3) is 3.96. The maximum absolute atomic E-state index is 12.9. The molecule has 2 aliphatic rings. The summed E-state index contributed by atoms with van der Waals surface area (Å²) in [6.45, 7) is 0.830. The molecule has 0 spiro atoms. The molecule has 2 fully saturated rings. The summed E-state index contributed by atoms with van der Waals surface area (Å²) in [5, 5.41) is 1.85. The number of likely N-dealkylation sites (tertiary alicyclic amines) is 1. The molecule has 1 saturated carbocycles. The van der Waals surface area contributed by atoms with Crippen molar-refractivity contribution in [1.29, 1.82) is 0 Å². The van der Waals surface area contributed by atoms with Crippen molar-refractivity contribution in [2.75, 3.05) is 6.54 Å². The van der Waals surface area contributed by atoms with E-state index in [4.69, 9.17) is 4.98 Å². The van der Waals surface area contributed by atoms with Gasteiger partial charge in [0, 0.05) is 23.6 Å². The van der Waals surface area contributed by atoms with Crippen molar-refractivity contribution in [2.24, 2.45) is 0 Å². The fourth-order valence-corrected chi connectivity index (χ4v) is 5.29. The Bertz CT molecular complexity index is 726. The Balaban J connectivity index is 1.45. The number of carbonyl (C=O) groups is 1. The van der Waals surface area contributed by atoms with Gasteiger partial charge in [-0.2, -0.15) is 0 Å². The number of rotatable bonds is 4. The molecule has 3 nitrogen and oxygen atoms in total. The molecule has 1 aliphatic heterocycles. The Morgan fingerprint density at radius 3 is 2.50 bits per heavy atom. The highest BCUT2D eigenvalue weighted by Gasteiger charge is 2.30. The van der Waals surface area contributed by atoms with E-state index in [9.17, 15) is 4.79 Å². The van der Waals surface area contributed by atoms with Gasteiger partial charge in [-0.15, -0.1) is 11.8 Å². The predicted octanol–water partition coefficient (Wildman–Crippen LogP) is 5.48. The minimum atomic E-state index is 0.133. The molecule has 0 unspecified atom stereocenters.